The summed E-state index contributed by atoms with van der Waals surface area (Å²) in [5.74, 6) is -1.12. The van der Waals surface area contributed by atoms with Crippen LogP contribution in [0.5, 0.6) is 0 Å². The second-order valence-electron chi connectivity index (χ2n) is 5.90. The fourth-order valence-corrected chi connectivity index (χ4v) is 3.09. The van der Waals surface area contributed by atoms with Crippen LogP contribution in [0, 0.1) is 12.7 Å². The molecule has 0 bridgehead atoms. The molecule has 0 aliphatic rings. The van der Waals surface area contributed by atoms with Crippen molar-refractivity contribution in [1.82, 2.24) is 15.1 Å². The van der Waals surface area contributed by atoms with Gasteiger partial charge in [-0.1, -0.05) is 47.5 Å². The fourth-order valence-electron chi connectivity index (χ4n) is 2.61. The summed E-state index contributed by atoms with van der Waals surface area (Å²) in [7, 11) is 0. The Morgan fingerprint density at radius 2 is 1.96 bits per heavy atom. The molecule has 2 aromatic carbocycles. The van der Waals surface area contributed by atoms with Crippen molar-refractivity contribution in [3.63, 3.8) is 0 Å². The molecule has 1 aromatic heterocycles. The number of hydrogen-bond acceptors (Lipinski definition) is 3. The smallest absolute Gasteiger partial charge is 0.256 e. The molecule has 1 atom stereocenters. The molecule has 1 heterocycles. The van der Waals surface area contributed by atoms with Crippen molar-refractivity contribution in [1.29, 1.82) is 0 Å². The summed E-state index contributed by atoms with van der Waals surface area (Å²) in [5, 5.41) is 17.2. The van der Waals surface area contributed by atoms with Gasteiger partial charge in [-0.15, -0.1) is 0 Å². The summed E-state index contributed by atoms with van der Waals surface area (Å²) < 4.78 is 15.0. The minimum Gasteiger partial charge on any atom is -0.387 e. The number of aryl methyl sites for hydroxylation is 1. The normalized spacial score (nSPS) is 12.0. The van der Waals surface area contributed by atoms with Gasteiger partial charge in [-0.25, -0.2) is 9.07 Å². The maximum Gasteiger partial charge on any atom is 0.256 e. The molecule has 5 nitrogen and oxygen atoms in total. The molecule has 0 radical (unpaired) electrons. The van der Waals surface area contributed by atoms with Crippen molar-refractivity contribution in [3.8, 4) is 5.69 Å². The Morgan fingerprint density at radius 3 is 2.63 bits per heavy atom. The first-order valence-corrected chi connectivity index (χ1v) is 8.86. The molecule has 0 spiro atoms. The molecular formula is C19H16Cl2FN3O2. The van der Waals surface area contributed by atoms with E-state index in [1.165, 1.54) is 16.8 Å². The molecule has 140 valence electrons. The number of para-hydroxylation sites is 1. The van der Waals surface area contributed by atoms with E-state index in [0.29, 0.717) is 11.3 Å². The van der Waals surface area contributed by atoms with Crippen molar-refractivity contribution >= 4 is 29.1 Å². The van der Waals surface area contributed by atoms with Crippen LogP contribution >= 0.6 is 23.2 Å². The summed E-state index contributed by atoms with van der Waals surface area (Å²) in [6, 6.07) is 13.1. The van der Waals surface area contributed by atoms with Gasteiger partial charge in [0, 0.05) is 6.54 Å². The average molecular weight is 408 g/mol. The first kappa shape index (κ1) is 19.4. The van der Waals surface area contributed by atoms with Gasteiger partial charge in [0.2, 0.25) is 0 Å². The van der Waals surface area contributed by atoms with Crippen LogP contribution < -0.4 is 5.32 Å². The van der Waals surface area contributed by atoms with E-state index in [9.17, 15) is 14.3 Å². The highest BCUT2D eigenvalue weighted by molar-refractivity contribution is 6.33. The lowest BCUT2D eigenvalue weighted by Gasteiger charge is -2.13. The van der Waals surface area contributed by atoms with E-state index in [4.69, 9.17) is 23.2 Å². The number of rotatable bonds is 5. The zero-order valence-corrected chi connectivity index (χ0v) is 15.8. The molecule has 0 aliphatic heterocycles. The lowest BCUT2D eigenvalue weighted by atomic mass is 10.1. The van der Waals surface area contributed by atoms with Gasteiger partial charge >= 0.3 is 0 Å². The Balaban J connectivity index is 1.75. The molecule has 0 fully saturated rings. The SMILES string of the molecule is Cc1nn(-c2ccccc2)c(Cl)c1C(=O)NCC(O)c1ccc(Cl)c(F)c1. The van der Waals surface area contributed by atoms with E-state index >= 15 is 0 Å². The molecule has 3 aromatic rings. The number of halogens is 3. The molecule has 1 amide bonds. The summed E-state index contributed by atoms with van der Waals surface area (Å²) in [5.41, 5.74) is 1.70. The van der Waals surface area contributed by atoms with Crippen LogP contribution in [-0.2, 0) is 0 Å². The lowest BCUT2D eigenvalue weighted by Crippen LogP contribution is -2.29. The molecule has 8 heteroatoms. The highest BCUT2D eigenvalue weighted by Gasteiger charge is 2.22. The highest BCUT2D eigenvalue weighted by Crippen LogP contribution is 2.24. The Bertz CT molecular complexity index is 977. The van der Waals surface area contributed by atoms with Crippen LogP contribution in [0.2, 0.25) is 10.2 Å². The first-order valence-electron chi connectivity index (χ1n) is 8.10. The van der Waals surface area contributed by atoms with E-state index in [1.54, 1.807) is 6.92 Å². The standard InChI is InChI=1S/C19H16Cl2FN3O2/c1-11-17(18(21)25(24-11)13-5-3-2-4-6-13)19(27)23-10-16(26)12-7-8-14(20)15(22)9-12/h2-9,16,26H,10H2,1H3,(H,23,27). The largest absolute Gasteiger partial charge is 0.387 e. The maximum absolute atomic E-state index is 13.5. The van der Waals surface area contributed by atoms with Gasteiger partial charge in [0.1, 0.15) is 11.0 Å². The van der Waals surface area contributed by atoms with E-state index < -0.39 is 17.8 Å². The van der Waals surface area contributed by atoms with E-state index in [1.807, 2.05) is 30.3 Å². The molecule has 27 heavy (non-hydrogen) atoms. The van der Waals surface area contributed by atoms with Crippen molar-refractivity contribution < 1.29 is 14.3 Å². The Labute approximate surface area is 165 Å². The van der Waals surface area contributed by atoms with Crippen LogP contribution in [0.3, 0.4) is 0 Å². The minimum atomic E-state index is -1.09. The number of aliphatic hydroxyl groups excluding tert-OH is 1. The number of hydrogen-bond donors (Lipinski definition) is 2. The van der Waals surface area contributed by atoms with Gasteiger partial charge in [0.05, 0.1) is 28.1 Å². The van der Waals surface area contributed by atoms with Crippen LogP contribution in [0.4, 0.5) is 4.39 Å². The van der Waals surface area contributed by atoms with Crippen molar-refractivity contribution in [2.45, 2.75) is 13.0 Å². The summed E-state index contributed by atoms with van der Waals surface area (Å²) in [4.78, 5) is 12.5. The predicted molar refractivity (Wildman–Crippen MR) is 102 cm³/mol. The Hall–Kier alpha value is -2.41. The van der Waals surface area contributed by atoms with Gasteiger partial charge in [-0.05, 0) is 36.8 Å². The number of carbonyl (C=O) groups excluding carboxylic acids is 1. The molecule has 3 rings (SSSR count). The predicted octanol–water partition coefficient (Wildman–Crippen LogP) is 4.09. The summed E-state index contributed by atoms with van der Waals surface area (Å²) >= 11 is 12.0. The summed E-state index contributed by atoms with van der Waals surface area (Å²) in [6.07, 6.45) is -1.09. The van der Waals surface area contributed by atoms with Crippen molar-refractivity contribution in [2.75, 3.05) is 6.54 Å². The van der Waals surface area contributed by atoms with Crippen LogP contribution in [0.1, 0.15) is 27.7 Å². The number of carbonyl (C=O) groups is 1. The van der Waals surface area contributed by atoms with Gasteiger partial charge in [-0.2, -0.15) is 5.10 Å². The first-order chi connectivity index (χ1) is 12.9. The number of benzene rings is 2. The second-order valence-corrected chi connectivity index (χ2v) is 6.66. The maximum atomic E-state index is 13.5. The fraction of sp³-hybridized carbons (Fsp3) is 0.158. The third-order valence-electron chi connectivity index (χ3n) is 4.02. The zero-order chi connectivity index (χ0) is 19.6. The second kappa shape index (κ2) is 8.08. The Kier molecular flexibility index (Phi) is 5.79. The van der Waals surface area contributed by atoms with Crippen LogP contribution in [-0.4, -0.2) is 27.3 Å². The van der Waals surface area contributed by atoms with Crippen LogP contribution in [0.15, 0.2) is 48.5 Å². The van der Waals surface area contributed by atoms with Gasteiger partial charge < -0.3 is 10.4 Å². The number of nitrogens with one attached hydrogen (secondary N) is 1. The molecular weight excluding hydrogens is 392 g/mol. The third kappa shape index (κ3) is 4.13. The molecule has 1 unspecified atom stereocenters. The van der Waals surface area contributed by atoms with Crippen LogP contribution in [0.25, 0.3) is 5.69 Å². The minimum absolute atomic E-state index is 0.0364. The molecule has 0 saturated heterocycles. The van der Waals surface area contributed by atoms with Gasteiger partial charge in [0.25, 0.3) is 5.91 Å². The quantitative estimate of drug-likeness (QED) is 0.669. The van der Waals surface area contributed by atoms with Crippen molar-refractivity contribution in [3.05, 3.63) is 81.3 Å². The summed E-state index contributed by atoms with van der Waals surface area (Å²) in [6.45, 7) is 1.55. The number of aromatic nitrogens is 2. The topological polar surface area (TPSA) is 67.2 Å². The monoisotopic (exact) mass is 407 g/mol. The zero-order valence-electron chi connectivity index (χ0n) is 14.3. The van der Waals surface area contributed by atoms with E-state index in [-0.39, 0.29) is 22.3 Å². The average Bonchev–Trinajstić information content (AvgIpc) is 2.96. The third-order valence-corrected chi connectivity index (χ3v) is 4.67. The number of aliphatic hydroxyl groups is 1. The van der Waals surface area contributed by atoms with Gasteiger partial charge in [-0.3, -0.25) is 4.79 Å². The Morgan fingerprint density at radius 1 is 1.26 bits per heavy atom. The molecule has 2 N–H and O–H groups in total. The lowest BCUT2D eigenvalue weighted by molar-refractivity contribution is 0.0915. The highest BCUT2D eigenvalue weighted by atomic mass is 35.5. The molecule has 0 saturated carbocycles. The molecule has 0 aliphatic carbocycles. The van der Waals surface area contributed by atoms with Gasteiger partial charge in [0.15, 0.2) is 0 Å². The van der Waals surface area contributed by atoms with E-state index in [2.05, 4.69) is 10.4 Å². The number of amides is 1. The van der Waals surface area contributed by atoms with E-state index in [0.717, 1.165) is 11.8 Å². The van der Waals surface area contributed by atoms with Crippen molar-refractivity contribution in [2.24, 2.45) is 0 Å². The number of nitrogens with zero attached hydrogens (tertiary/aromatic N) is 2.